The molecule has 0 spiro atoms. The Morgan fingerprint density at radius 2 is 2.30 bits per heavy atom. The minimum absolute atomic E-state index is 0.276. The topological polar surface area (TPSA) is 129 Å². The van der Waals surface area contributed by atoms with Crippen molar-refractivity contribution in [2.24, 2.45) is 12.0 Å². The number of hydrogen-bond acceptors (Lipinski definition) is 6. The summed E-state index contributed by atoms with van der Waals surface area (Å²) in [6, 6.07) is 3.58. The van der Waals surface area contributed by atoms with Gasteiger partial charge in [0.25, 0.3) is 0 Å². The first kappa shape index (κ1) is 18.6. The molecule has 3 rings (SSSR count). The Morgan fingerprint density at radius 1 is 1.44 bits per heavy atom. The Kier molecular flexibility index (Phi) is 5.55. The van der Waals surface area contributed by atoms with Crippen molar-refractivity contribution >= 4 is 5.96 Å². The van der Waals surface area contributed by atoms with Crippen molar-refractivity contribution < 1.29 is 9.52 Å². The van der Waals surface area contributed by atoms with Crippen LogP contribution in [-0.4, -0.2) is 49.1 Å². The highest BCUT2D eigenvalue weighted by molar-refractivity contribution is 5.79. The molecule has 0 aliphatic rings. The van der Waals surface area contributed by atoms with Crippen LogP contribution in [-0.2, 0) is 19.2 Å². The quantitative estimate of drug-likeness (QED) is 0.356. The summed E-state index contributed by atoms with van der Waals surface area (Å²) >= 11 is 0. The van der Waals surface area contributed by atoms with Gasteiger partial charge >= 0.3 is 0 Å². The molecule has 0 amide bonds. The summed E-state index contributed by atoms with van der Waals surface area (Å²) in [6.07, 6.45) is 5.01. The smallest absolute Gasteiger partial charge is 0.216 e. The van der Waals surface area contributed by atoms with E-state index in [-0.39, 0.29) is 6.54 Å². The molecule has 3 heterocycles. The molecule has 10 heteroatoms. The molecule has 27 heavy (non-hydrogen) atoms. The third kappa shape index (κ3) is 4.73. The number of aromatic nitrogens is 5. The first-order valence-corrected chi connectivity index (χ1v) is 8.67. The van der Waals surface area contributed by atoms with Crippen molar-refractivity contribution in [3.63, 3.8) is 0 Å². The predicted octanol–water partition coefficient (Wildman–Crippen LogP) is 0.761. The van der Waals surface area contributed by atoms with Crippen molar-refractivity contribution in [1.82, 2.24) is 35.6 Å². The van der Waals surface area contributed by atoms with Gasteiger partial charge in [-0.3, -0.25) is 9.78 Å². The van der Waals surface area contributed by atoms with Crippen molar-refractivity contribution in [3.8, 4) is 11.6 Å². The van der Waals surface area contributed by atoms with E-state index in [0.717, 1.165) is 5.56 Å². The highest BCUT2D eigenvalue weighted by atomic mass is 16.3. The van der Waals surface area contributed by atoms with E-state index >= 15 is 0 Å². The summed E-state index contributed by atoms with van der Waals surface area (Å²) in [7, 11) is 1.81. The Labute approximate surface area is 156 Å². The Morgan fingerprint density at radius 3 is 2.96 bits per heavy atom. The maximum atomic E-state index is 10.7. The van der Waals surface area contributed by atoms with E-state index in [4.69, 9.17) is 4.42 Å². The van der Waals surface area contributed by atoms with E-state index in [0.29, 0.717) is 36.5 Å². The molecule has 10 nitrogen and oxygen atoms in total. The van der Waals surface area contributed by atoms with E-state index in [1.165, 1.54) is 0 Å². The first-order chi connectivity index (χ1) is 13.0. The third-order valence-corrected chi connectivity index (χ3v) is 3.93. The van der Waals surface area contributed by atoms with Crippen LogP contribution in [0.3, 0.4) is 0 Å². The summed E-state index contributed by atoms with van der Waals surface area (Å²) in [5.74, 6) is 2.26. The third-order valence-electron chi connectivity index (χ3n) is 3.93. The molecule has 0 saturated carbocycles. The number of H-pyrrole nitrogens is 1. The molecule has 0 bridgehead atoms. The lowest BCUT2D eigenvalue weighted by molar-refractivity contribution is 0.0616. The molecule has 0 aliphatic carbocycles. The second kappa shape index (κ2) is 8.04. The minimum Gasteiger partial charge on any atom is -0.461 e. The zero-order valence-corrected chi connectivity index (χ0v) is 15.6. The summed E-state index contributed by atoms with van der Waals surface area (Å²) < 4.78 is 6.93. The number of furan rings is 1. The van der Waals surface area contributed by atoms with Crippen LogP contribution in [0.25, 0.3) is 11.6 Å². The van der Waals surface area contributed by atoms with Gasteiger partial charge in [0.05, 0.1) is 19.0 Å². The number of nitrogens with zero attached hydrogens (tertiary/aromatic N) is 5. The number of aliphatic hydroxyl groups is 1. The number of aryl methyl sites for hydroxylation is 1. The normalized spacial score (nSPS) is 14.1. The molecular weight excluding hydrogens is 348 g/mol. The van der Waals surface area contributed by atoms with Crippen LogP contribution in [0.2, 0.25) is 0 Å². The van der Waals surface area contributed by atoms with Gasteiger partial charge in [-0.05, 0) is 26.0 Å². The molecule has 0 aromatic carbocycles. The van der Waals surface area contributed by atoms with Gasteiger partial charge in [0.1, 0.15) is 18.0 Å². The number of aliphatic imine (C=N–C) groups is 1. The lowest BCUT2D eigenvalue weighted by Crippen LogP contribution is -2.44. The minimum atomic E-state index is -1.08. The van der Waals surface area contributed by atoms with E-state index in [2.05, 4.69) is 35.9 Å². The van der Waals surface area contributed by atoms with Crippen LogP contribution in [0, 0.1) is 0 Å². The van der Waals surface area contributed by atoms with Crippen molar-refractivity contribution in [2.45, 2.75) is 26.0 Å². The molecule has 3 aromatic heterocycles. The second-order valence-corrected chi connectivity index (χ2v) is 6.31. The van der Waals surface area contributed by atoms with Gasteiger partial charge in [0, 0.05) is 25.4 Å². The largest absolute Gasteiger partial charge is 0.461 e. The molecule has 1 atom stereocenters. The Bertz CT molecular complexity index is 879. The number of nitrogens with one attached hydrogen (secondary N) is 3. The van der Waals surface area contributed by atoms with E-state index in [9.17, 15) is 5.11 Å². The molecule has 0 radical (unpaired) electrons. The number of rotatable bonds is 7. The molecular formula is C17H24N8O2. The highest BCUT2D eigenvalue weighted by Gasteiger charge is 2.25. The molecule has 1 unspecified atom stereocenters. The first-order valence-electron chi connectivity index (χ1n) is 8.67. The maximum Gasteiger partial charge on any atom is 0.216 e. The standard InChI is InChI=1S/C17H24N8O2/c1-4-18-16(20-11-17(2,26)12-8-21-25(3)10-12)19-9-14-22-15(24-23-14)13-6-5-7-27-13/h5-8,10,26H,4,9,11H2,1-3H3,(H2,18,19,20)(H,22,23,24). The van der Waals surface area contributed by atoms with Crippen molar-refractivity contribution in [1.29, 1.82) is 0 Å². The lowest BCUT2D eigenvalue weighted by atomic mass is 10.00. The fourth-order valence-corrected chi connectivity index (χ4v) is 2.43. The average Bonchev–Trinajstić information content (AvgIpc) is 3.37. The average molecular weight is 372 g/mol. The molecule has 0 fully saturated rings. The van der Waals surface area contributed by atoms with Gasteiger partial charge in [-0.15, -0.1) is 5.10 Å². The van der Waals surface area contributed by atoms with Gasteiger partial charge in [0.15, 0.2) is 11.7 Å². The van der Waals surface area contributed by atoms with Crippen LogP contribution in [0.15, 0.2) is 40.2 Å². The number of aromatic amines is 1. The van der Waals surface area contributed by atoms with Crippen molar-refractivity contribution in [2.75, 3.05) is 13.1 Å². The lowest BCUT2D eigenvalue weighted by Gasteiger charge is -2.23. The van der Waals surface area contributed by atoms with E-state index in [1.54, 1.807) is 42.4 Å². The number of hydrogen-bond donors (Lipinski definition) is 4. The molecule has 0 saturated heterocycles. The Hall–Kier alpha value is -3.14. The van der Waals surface area contributed by atoms with Crippen LogP contribution in [0.1, 0.15) is 25.2 Å². The van der Waals surface area contributed by atoms with Crippen LogP contribution in [0.4, 0.5) is 0 Å². The van der Waals surface area contributed by atoms with Crippen LogP contribution in [0.5, 0.6) is 0 Å². The second-order valence-electron chi connectivity index (χ2n) is 6.31. The number of guanidine groups is 1. The van der Waals surface area contributed by atoms with Crippen molar-refractivity contribution in [3.05, 3.63) is 42.2 Å². The van der Waals surface area contributed by atoms with E-state index < -0.39 is 5.60 Å². The maximum absolute atomic E-state index is 10.7. The SMILES string of the molecule is CCNC(=NCc1nc(-c2ccco2)n[nH]1)NCC(C)(O)c1cnn(C)c1. The summed E-state index contributed by atoms with van der Waals surface area (Å²) in [5, 5.41) is 28.0. The highest BCUT2D eigenvalue weighted by Crippen LogP contribution is 2.18. The molecule has 144 valence electrons. The molecule has 4 N–H and O–H groups in total. The van der Waals surface area contributed by atoms with Gasteiger partial charge < -0.3 is 20.2 Å². The summed E-state index contributed by atoms with van der Waals surface area (Å²) in [4.78, 5) is 8.84. The zero-order chi connectivity index (χ0) is 19.3. The molecule has 3 aromatic rings. The monoisotopic (exact) mass is 372 g/mol. The van der Waals surface area contributed by atoms with Crippen LogP contribution >= 0.6 is 0 Å². The van der Waals surface area contributed by atoms with E-state index in [1.807, 2.05) is 14.0 Å². The zero-order valence-electron chi connectivity index (χ0n) is 15.6. The fourth-order valence-electron chi connectivity index (χ4n) is 2.43. The Balaban J connectivity index is 1.63. The molecule has 0 aliphatic heterocycles. The van der Waals surface area contributed by atoms with Gasteiger partial charge in [-0.1, -0.05) is 0 Å². The van der Waals surface area contributed by atoms with Gasteiger partial charge in [-0.25, -0.2) is 9.98 Å². The fraction of sp³-hybridized carbons (Fsp3) is 0.412. The summed E-state index contributed by atoms with van der Waals surface area (Å²) in [5.41, 5.74) is -0.352. The van der Waals surface area contributed by atoms with Crippen LogP contribution < -0.4 is 10.6 Å². The summed E-state index contributed by atoms with van der Waals surface area (Å²) in [6.45, 7) is 4.97. The van der Waals surface area contributed by atoms with Gasteiger partial charge in [-0.2, -0.15) is 5.10 Å². The predicted molar refractivity (Wildman–Crippen MR) is 99.7 cm³/mol. The van der Waals surface area contributed by atoms with Gasteiger partial charge in [0.2, 0.25) is 5.82 Å².